The summed E-state index contributed by atoms with van der Waals surface area (Å²) in [5.74, 6) is 1.37. The Morgan fingerprint density at radius 3 is 1.96 bits per heavy atom. The topological polar surface area (TPSA) is 3.24 Å². The first-order chi connectivity index (χ1) is 12.3. The molecule has 27 heavy (non-hydrogen) atoms. The molecular formula is C24H39ClFN. The molecule has 1 saturated heterocycles. The summed E-state index contributed by atoms with van der Waals surface area (Å²) in [7, 11) is 0. The minimum absolute atomic E-state index is 0. The molecule has 1 saturated carbocycles. The van der Waals surface area contributed by atoms with Crippen molar-refractivity contribution in [1.29, 1.82) is 0 Å². The molecule has 0 spiro atoms. The molecule has 0 bridgehead atoms. The molecule has 1 aromatic carbocycles. The molecule has 0 amide bonds. The van der Waals surface area contributed by atoms with Crippen molar-refractivity contribution in [2.75, 3.05) is 26.3 Å². The number of hydrogen-bond donors (Lipinski definition) is 0. The second-order valence-electron chi connectivity index (χ2n) is 10.4. The lowest BCUT2D eigenvalue weighted by Crippen LogP contribution is -2.35. The highest BCUT2D eigenvalue weighted by atomic mass is 35.5. The fraction of sp³-hybridized carbons (Fsp3) is 0.750. The van der Waals surface area contributed by atoms with E-state index >= 15 is 0 Å². The number of benzene rings is 1. The van der Waals surface area contributed by atoms with Crippen LogP contribution in [0, 0.1) is 10.8 Å². The molecule has 1 aliphatic carbocycles. The van der Waals surface area contributed by atoms with Crippen LogP contribution >= 0.6 is 12.4 Å². The van der Waals surface area contributed by atoms with Crippen LogP contribution in [0.25, 0.3) is 0 Å². The minimum Gasteiger partial charge on any atom is -0.303 e. The second kappa shape index (κ2) is 9.27. The fourth-order valence-electron chi connectivity index (χ4n) is 6.07. The standard InChI is InChI=1S/C24H38FN.ClH/c1-23(2)16-20(17-24(3,4)18-23)22-9-6-5-8-21(22)19-10-14-26(15-11-19)13-7-12-25;/h5-6,8-9,19-20H,7,10-18H2,1-4H3;1H. The lowest BCUT2D eigenvalue weighted by atomic mass is 9.59. The Balaban J connectivity index is 0.00000261. The molecule has 2 aliphatic rings. The molecule has 1 nitrogen and oxygen atoms in total. The van der Waals surface area contributed by atoms with Gasteiger partial charge < -0.3 is 4.90 Å². The van der Waals surface area contributed by atoms with Crippen molar-refractivity contribution in [3.8, 4) is 0 Å². The molecule has 0 unspecified atom stereocenters. The van der Waals surface area contributed by atoms with Crippen molar-refractivity contribution in [1.82, 2.24) is 4.90 Å². The Bertz CT molecular complexity index is 574. The monoisotopic (exact) mass is 395 g/mol. The van der Waals surface area contributed by atoms with Gasteiger partial charge in [0.25, 0.3) is 0 Å². The summed E-state index contributed by atoms with van der Waals surface area (Å²) in [6, 6.07) is 9.27. The van der Waals surface area contributed by atoms with Crippen LogP contribution in [0.4, 0.5) is 4.39 Å². The SMILES string of the molecule is CC1(C)CC(c2ccccc2C2CCN(CCCF)CC2)CC(C)(C)C1.Cl. The van der Waals surface area contributed by atoms with Crippen LogP contribution in [0.3, 0.4) is 0 Å². The van der Waals surface area contributed by atoms with Crippen LogP contribution < -0.4 is 0 Å². The maximum atomic E-state index is 12.4. The van der Waals surface area contributed by atoms with E-state index in [9.17, 15) is 4.39 Å². The molecular weight excluding hydrogens is 357 g/mol. The van der Waals surface area contributed by atoms with Gasteiger partial charge in [0.1, 0.15) is 0 Å². The Morgan fingerprint density at radius 2 is 1.44 bits per heavy atom. The highest BCUT2D eigenvalue weighted by Crippen LogP contribution is 2.52. The summed E-state index contributed by atoms with van der Waals surface area (Å²) < 4.78 is 12.4. The molecule has 1 aromatic rings. The lowest BCUT2D eigenvalue weighted by molar-refractivity contribution is 0.0962. The Morgan fingerprint density at radius 1 is 0.926 bits per heavy atom. The number of halogens is 2. The van der Waals surface area contributed by atoms with E-state index in [1.54, 1.807) is 11.1 Å². The summed E-state index contributed by atoms with van der Waals surface area (Å²) in [5, 5.41) is 0. The first-order valence-electron chi connectivity index (χ1n) is 10.7. The van der Waals surface area contributed by atoms with Gasteiger partial charge in [0.05, 0.1) is 6.67 Å². The van der Waals surface area contributed by atoms with Crippen LogP contribution in [0.1, 0.15) is 89.2 Å². The van der Waals surface area contributed by atoms with Gasteiger partial charge in [0, 0.05) is 6.54 Å². The molecule has 3 heteroatoms. The normalized spacial score (nSPS) is 23.7. The van der Waals surface area contributed by atoms with E-state index < -0.39 is 0 Å². The van der Waals surface area contributed by atoms with Crippen molar-refractivity contribution in [3.05, 3.63) is 35.4 Å². The average molecular weight is 396 g/mol. The van der Waals surface area contributed by atoms with Crippen molar-refractivity contribution in [2.45, 2.75) is 78.1 Å². The van der Waals surface area contributed by atoms with E-state index in [-0.39, 0.29) is 19.1 Å². The molecule has 0 aromatic heterocycles. The highest BCUT2D eigenvalue weighted by molar-refractivity contribution is 5.85. The van der Waals surface area contributed by atoms with Crippen molar-refractivity contribution >= 4 is 12.4 Å². The van der Waals surface area contributed by atoms with Crippen molar-refractivity contribution in [2.24, 2.45) is 10.8 Å². The maximum Gasteiger partial charge on any atom is 0.0906 e. The average Bonchev–Trinajstić information content (AvgIpc) is 2.58. The van der Waals surface area contributed by atoms with Crippen molar-refractivity contribution < 1.29 is 4.39 Å². The quantitative estimate of drug-likeness (QED) is 0.520. The summed E-state index contributed by atoms with van der Waals surface area (Å²) in [4.78, 5) is 2.45. The number of rotatable bonds is 5. The maximum absolute atomic E-state index is 12.4. The van der Waals surface area contributed by atoms with Crippen molar-refractivity contribution in [3.63, 3.8) is 0 Å². The molecule has 0 radical (unpaired) electrons. The number of nitrogens with zero attached hydrogens (tertiary/aromatic N) is 1. The van der Waals surface area contributed by atoms with Gasteiger partial charge in [-0.15, -0.1) is 12.4 Å². The lowest BCUT2D eigenvalue weighted by Gasteiger charge is -2.46. The van der Waals surface area contributed by atoms with E-state index in [1.165, 1.54) is 32.1 Å². The number of alkyl halides is 1. The van der Waals surface area contributed by atoms with E-state index in [0.29, 0.717) is 29.1 Å². The third-order valence-corrected chi connectivity index (χ3v) is 6.63. The first-order valence-corrected chi connectivity index (χ1v) is 10.7. The fourth-order valence-corrected chi connectivity index (χ4v) is 6.07. The zero-order valence-corrected chi connectivity index (χ0v) is 18.6. The van der Waals surface area contributed by atoms with Crippen LogP contribution in [0.15, 0.2) is 24.3 Å². The van der Waals surface area contributed by atoms with Gasteiger partial charge >= 0.3 is 0 Å². The van der Waals surface area contributed by atoms with Crippen LogP contribution in [-0.4, -0.2) is 31.2 Å². The predicted octanol–water partition coefficient (Wildman–Crippen LogP) is 6.97. The Labute approximate surface area is 172 Å². The molecule has 1 heterocycles. The Hall–Kier alpha value is -0.600. The van der Waals surface area contributed by atoms with Gasteiger partial charge in [-0.25, -0.2) is 0 Å². The third kappa shape index (κ3) is 5.94. The molecule has 0 atom stereocenters. The van der Waals surface area contributed by atoms with Crippen LogP contribution in [0.2, 0.25) is 0 Å². The minimum atomic E-state index is -0.185. The number of piperidine rings is 1. The highest BCUT2D eigenvalue weighted by Gasteiger charge is 2.39. The Kier molecular flexibility index (Phi) is 7.78. The second-order valence-corrected chi connectivity index (χ2v) is 10.4. The summed E-state index contributed by atoms with van der Waals surface area (Å²) >= 11 is 0. The largest absolute Gasteiger partial charge is 0.303 e. The summed E-state index contributed by atoms with van der Waals surface area (Å²) in [5.41, 5.74) is 4.08. The van der Waals surface area contributed by atoms with E-state index in [1.807, 2.05) is 0 Å². The van der Waals surface area contributed by atoms with Gasteiger partial charge in [-0.2, -0.15) is 0 Å². The molecule has 2 fully saturated rings. The van der Waals surface area contributed by atoms with E-state index in [4.69, 9.17) is 0 Å². The van der Waals surface area contributed by atoms with Crippen LogP contribution in [0.5, 0.6) is 0 Å². The number of likely N-dealkylation sites (tertiary alicyclic amines) is 1. The predicted molar refractivity (Wildman–Crippen MR) is 117 cm³/mol. The van der Waals surface area contributed by atoms with Gasteiger partial charge in [-0.05, 0) is 85.4 Å². The molecule has 154 valence electrons. The van der Waals surface area contributed by atoms with Crippen LogP contribution in [-0.2, 0) is 0 Å². The van der Waals surface area contributed by atoms with Gasteiger partial charge in [0.15, 0.2) is 0 Å². The van der Waals surface area contributed by atoms with Gasteiger partial charge in [-0.3, -0.25) is 4.39 Å². The number of hydrogen-bond acceptors (Lipinski definition) is 1. The first kappa shape index (κ1) is 22.7. The smallest absolute Gasteiger partial charge is 0.0906 e. The zero-order valence-electron chi connectivity index (χ0n) is 17.8. The molecule has 0 N–H and O–H groups in total. The molecule has 1 aliphatic heterocycles. The summed E-state index contributed by atoms with van der Waals surface area (Å²) in [6.07, 6.45) is 7.08. The van der Waals surface area contributed by atoms with Gasteiger partial charge in [0.2, 0.25) is 0 Å². The van der Waals surface area contributed by atoms with E-state index in [0.717, 1.165) is 19.6 Å². The van der Waals surface area contributed by atoms with E-state index in [2.05, 4.69) is 56.9 Å². The molecule has 3 rings (SSSR count). The van der Waals surface area contributed by atoms with Gasteiger partial charge in [-0.1, -0.05) is 52.0 Å². The zero-order chi connectivity index (χ0) is 18.8. The third-order valence-electron chi connectivity index (χ3n) is 6.63. The summed E-state index contributed by atoms with van der Waals surface area (Å²) in [6.45, 7) is 12.8.